The Labute approximate surface area is 105 Å². The number of nitrogens with one attached hydrogen (secondary N) is 1. The minimum absolute atomic E-state index is 0.0410. The number of rotatable bonds is 8. The van der Waals surface area contributed by atoms with Gasteiger partial charge in [-0.1, -0.05) is 44.9 Å². The van der Waals surface area contributed by atoms with Crippen LogP contribution in [0.1, 0.15) is 39.5 Å². The predicted molar refractivity (Wildman–Crippen MR) is 74.7 cm³/mol. The molecule has 0 aromatic heterocycles. The molecule has 1 rings (SSSR count). The number of anilines is 1. The van der Waals surface area contributed by atoms with Gasteiger partial charge >= 0.3 is 0 Å². The lowest BCUT2D eigenvalue weighted by molar-refractivity contribution is 0.484. The van der Waals surface area contributed by atoms with E-state index in [0.29, 0.717) is 0 Å². The van der Waals surface area contributed by atoms with Crippen molar-refractivity contribution in [2.45, 2.75) is 45.7 Å². The van der Waals surface area contributed by atoms with E-state index in [1.807, 2.05) is 18.2 Å². The van der Waals surface area contributed by atoms with Crippen LogP contribution in [0.2, 0.25) is 0 Å². The predicted octanol–water partition coefficient (Wildman–Crippen LogP) is 2.88. The molecule has 0 aliphatic carbocycles. The van der Waals surface area contributed by atoms with E-state index in [0.717, 1.165) is 25.1 Å². The molecular weight excluding hydrogens is 210 g/mol. The van der Waals surface area contributed by atoms with Crippen LogP contribution in [0, 0.1) is 0 Å². The van der Waals surface area contributed by atoms with Gasteiger partial charge in [0.25, 0.3) is 0 Å². The number of unbranched alkanes of at least 4 members (excludes halogenated alkanes) is 1. The molecule has 0 spiro atoms. The molecule has 96 valence electrons. The molecular formula is C14H25N3. The van der Waals surface area contributed by atoms with Crippen LogP contribution in [0.15, 0.2) is 30.3 Å². The number of para-hydroxylation sites is 1. The zero-order valence-electron chi connectivity index (χ0n) is 11.0. The van der Waals surface area contributed by atoms with Gasteiger partial charge in [-0.3, -0.25) is 5.01 Å². The number of hydrogen-bond donors (Lipinski definition) is 2. The highest BCUT2D eigenvalue weighted by Crippen LogP contribution is 2.14. The fourth-order valence-electron chi connectivity index (χ4n) is 1.79. The molecule has 0 saturated heterocycles. The minimum Gasteiger partial charge on any atom is -0.310 e. The lowest BCUT2D eigenvalue weighted by Gasteiger charge is -2.31. The quantitative estimate of drug-likeness (QED) is 0.413. The van der Waals surface area contributed by atoms with Gasteiger partial charge in [0, 0.05) is 6.54 Å². The van der Waals surface area contributed by atoms with E-state index in [4.69, 9.17) is 5.73 Å². The molecule has 1 aromatic rings. The molecule has 3 nitrogen and oxygen atoms in total. The third kappa shape index (κ3) is 4.75. The van der Waals surface area contributed by atoms with Gasteiger partial charge in [0.2, 0.25) is 0 Å². The van der Waals surface area contributed by atoms with Gasteiger partial charge in [-0.05, 0) is 25.0 Å². The van der Waals surface area contributed by atoms with E-state index in [1.54, 1.807) is 0 Å². The molecule has 0 amide bonds. The first-order valence-electron chi connectivity index (χ1n) is 6.63. The number of nitrogens with zero attached hydrogens (tertiary/aromatic N) is 1. The fraction of sp³-hybridized carbons (Fsp3) is 0.571. The zero-order valence-corrected chi connectivity index (χ0v) is 11.0. The Morgan fingerprint density at radius 1 is 1.18 bits per heavy atom. The zero-order chi connectivity index (χ0) is 12.5. The van der Waals surface area contributed by atoms with E-state index < -0.39 is 0 Å². The number of benzene rings is 1. The maximum atomic E-state index is 6.21. The van der Waals surface area contributed by atoms with Gasteiger partial charge in [-0.2, -0.15) is 0 Å². The molecule has 17 heavy (non-hydrogen) atoms. The molecule has 0 radical (unpaired) electrons. The summed E-state index contributed by atoms with van der Waals surface area (Å²) >= 11 is 0. The van der Waals surface area contributed by atoms with E-state index >= 15 is 0 Å². The average molecular weight is 235 g/mol. The van der Waals surface area contributed by atoms with Crippen molar-refractivity contribution in [2.75, 3.05) is 11.6 Å². The number of hydrazine groups is 1. The normalized spacial score (nSPS) is 12.4. The van der Waals surface area contributed by atoms with Crippen LogP contribution in [-0.2, 0) is 0 Å². The summed E-state index contributed by atoms with van der Waals surface area (Å²) in [6, 6.07) is 10.3. The van der Waals surface area contributed by atoms with Gasteiger partial charge in [-0.25, -0.2) is 5.43 Å². The SMILES string of the molecule is CCCCNN(c1ccccc1)C(N)CCC. The van der Waals surface area contributed by atoms with Crippen LogP contribution in [0.4, 0.5) is 5.69 Å². The molecule has 1 unspecified atom stereocenters. The van der Waals surface area contributed by atoms with Gasteiger partial charge in [0.1, 0.15) is 0 Å². The molecule has 1 atom stereocenters. The highest BCUT2D eigenvalue weighted by Gasteiger charge is 2.13. The molecule has 0 saturated carbocycles. The maximum Gasteiger partial charge on any atom is 0.0923 e. The second-order valence-corrected chi connectivity index (χ2v) is 4.32. The molecule has 3 N–H and O–H groups in total. The minimum atomic E-state index is 0.0410. The van der Waals surface area contributed by atoms with E-state index in [-0.39, 0.29) is 6.17 Å². The van der Waals surface area contributed by atoms with Gasteiger partial charge in [0.05, 0.1) is 11.9 Å². The van der Waals surface area contributed by atoms with Crippen molar-refractivity contribution in [3.63, 3.8) is 0 Å². The second-order valence-electron chi connectivity index (χ2n) is 4.32. The van der Waals surface area contributed by atoms with Crippen LogP contribution < -0.4 is 16.2 Å². The van der Waals surface area contributed by atoms with Crippen molar-refractivity contribution in [2.24, 2.45) is 5.73 Å². The standard InChI is InChI=1S/C14H25N3/c1-3-5-12-16-17(14(15)9-4-2)13-10-7-6-8-11-13/h6-8,10-11,14,16H,3-5,9,12,15H2,1-2H3. The summed E-state index contributed by atoms with van der Waals surface area (Å²) in [6.45, 7) is 5.33. The van der Waals surface area contributed by atoms with E-state index in [9.17, 15) is 0 Å². The van der Waals surface area contributed by atoms with Crippen LogP contribution in [0.5, 0.6) is 0 Å². The van der Waals surface area contributed by atoms with Crippen LogP contribution >= 0.6 is 0 Å². The van der Waals surface area contributed by atoms with Crippen molar-refractivity contribution in [3.05, 3.63) is 30.3 Å². The van der Waals surface area contributed by atoms with Crippen LogP contribution in [0.3, 0.4) is 0 Å². The van der Waals surface area contributed by atoms with Crippen molar-refractivity contribution < 1.29 is 0 Å². The van der Waals surface area contributed by atoms with Gasteiger partial charge in [-0.15, -0.1) is 0 Å². The summed E-state index contributed by atoms with van der Waals surface area (Å²) in [5.41, 5.74) is 10.8. The summed E-state index contributed by atoms with van der Waals surface area (Å²) < 4.78 is 0. The molecule has 0 fully saturated rings. The Bertz CT molecular complexity index is 287. The Hall–Kier alpha value is -1.06. The topological polar surface area (TPSA) is 41.3 Å². The Balaban J connectivity index is 2.64. The van der Waals surface area contributed by atoms with Crippen molar-refractivity contribution in [3.8, 4) is 0 Å². The van der Waals surface area contributed by atoms with Gasteiger partial charge < -0.3 is 5.73 Å². The van der Waals surface area contributed by atoms with Crippen molar-refractivity contribution in [1.29, 1.82) is 0 Å². The Morgan fingerprint density at radius 2 is 1.88 bits per heavy atom. The molecule has 0 bridgehead atoms. The highest BCUT2D eigenvalue weighted by molar-refractivity contribution is 5.45. The lowest BCUT2D eigenvalue weighted by atomic mass is 10.2. The lowest BCUT2D eigenvalue weighted by Crippen LogP contribution is -2.51. The van der Waals surface area contributed by atoms with E-state index in [2.05, 4.69) is 36.4 Å². The molecule has 0 aliphatic heterocycles. The van der Waals surface area contributed by atoms with Crippen molar-refractivity contribution in [1.82, 2.24) is 5.43 Å². The summed E-state index contributed by atoms with van der Waals surface area (Å²) in [5, 5.41) is 2.10. The van der Waals surface area contributed by atoms with E-state index in [1.165, 1.54) is 12.8 Å². The third-order valence-corrected chi connectivity index (χ3v) is 2.76. The monoisotopic (exact) mass is 235 g/mol. The van der Waals surface area contributed by atoms with Crippen molar-refractivity contribution >= 4 is 5.69 Å². The summed E-state index contributed by atoms with van der Waals surface area (Å²) in [5.74, 6) is 0. The molecule has 1 aromatic carbocycles. The number of hydrogen-bond acceptors (Lipinski definition) is 3. The third-order valence-electron chi connectivity index (χ3n) is 2.76. The Morgan fingerprint density at radius 3 is 2.47 bits per heavy atom. The Kier molecular flexibility index (Phi) is 6.67. The van der Waals surface area contributed by atoms with Crippen LogP contribution in [0.25, 0.3) is 0 Å². The fourth-order valence-corrected chi connectivity index (χ4v) is 1.79. The molecule has 3 heteroatoms. The maximum absolute atomic E-state index is 6.21. The molecule has 0 aliphatic rings. The van der Waals surface area contributed by atoms with Gasteiger partial charge in [0.15, 0.2) is 0 Å². The number of nitrogens with two attached hydrogens (primary N) is 1. The van der Waals surface area contributed by atoms with Crippen LogP contribution in [-0.4, -0.2) is 12.7 Å². The summed E-state index contributed by atoms with van der Waals surface area (Å²) in [6.07, 6.45) is 4.49. The average Bonchev–Trinajstić information content (AvgIpc) is 2.36. The second kappa shape index (κ2) is 8.09. The first kappa shape index (κ1) is 14.0. The summed E-state index contributed by atoms with van der Waals surface area (Å²) in [7, 11) is 0. The summed E-state index contributed by atoms with van der Waals surface area (Å²) in [4.78, 5) is 0. The highest BCUT2D eigenvalue weighted by atomic mass is 15.5. The smallest absolute Gasteiger partial charge is 0.0923 e. The first-order chi connectivity index (χ1) is 8.29. The largest absolute Gasteiger partial charge is 0.310 e. The first-order valence-corrected chi connectivity index (χ1v) is 6.63. The molecule has 0 heterocycles.